The van der Waals surface area contributed by atoms with E-state index in [4.69, 9.17) is 4.55 Å². The minimum absolute atomic E-state index is 0.282. The largest absolute Gasteiger partial charge is 0.289 e. The lowest BCUT2D eigenvalue weighted by atomic mass is 10.3. The summed E-state index contributed by atoms with van der Waals surface area (Å²) < 4.78 is 21.3. The van der Waals surface area contributed by atoms with Crippen molar-refractivity contribution in [2.24, 2.45) is 0 Å². The van der Waals surface area contributed by atoms with E-state index in [9.17, 15) is 4.21 Å². The third-order valence-electron chi connectivity index (χ3n) is 1.64. The van der Waals surface area contributed by atoms with E-state index >= 15 is 0 Å². The summed E-state index contributed by atoms with van der Waals surface area (Å²) >= 11 is -2.11. The lowest BCUT2D eigenvalue weighted by molar-refractivity contribution is 0.570. The molecule has 0 saturated heterocycles. The average molecular weight is 209 g/mol. The molecule has 0 aliphatic rings. The molecule has 1 atom stereocenters. The van der Waals surface area contributed by atoms with Crippen molar-refractivity contribution in [3.8, 4) is 0 Å². The minimum atomic E-state index is -2.11. The van der Waals surface area contributed by atoms with E-state index in [-0.39, 0.29) is 5.82 Å². The van der Waals surface area contributed by atoms with Crippen molar-refractivity contribution >= 4 is 28.1 Å². The lowest BCUT2D eigenvalue weighted by Crippen LogP contribution is -2.04. The van der Waals surface area contributed by atoms with Gasteiger partial charge in [-0.25, -0.2) is 9.19 Å². The highest BCUT2D eigenvalue weighted by Gasteiger charge is 1.99. The number of nitrogens with zero attached hydrogens (tertiary/aromatic N) is 2. The van der Waals surface area contributed by atoms with Gasteiger partial charge in [0.25, 0.3) is 11.3 Å². The number of nitrogens with one attached hydrogen (secondary N) is 1. The van der Waals surface area contributed by atoms with Crippen molar-refractivity contribution in [1.82, 2.24) is 9.97 Å². The fraction of sp³-hybridized carbons (Fsp3) is 0. The SMILES string of the molecule is O=S(O)Nc1cnc2ccccc2n1. The Morgan fingerprint density at radius 2 is 2.00 bits per heavy atom. The van der Waals surface area contributed by atoms with Gasteiger partial charge in [0.1, 0.15) is 0 Å². The molecule has 0 saturated carbocycles. The van der Waals surface area contributed by atoms with Gasteiger partial charge >= 0.3 is 0 Å². The minimum Gasteiger partial charge on any atom is -0.289 e. The van der Waals surface area contributed by atoms with E-state index in [0.717, 1.165) is 5.52 Å². The van der Waals surface area contributed by atoms with Gasteiger partial charge in [-0.2, -0.15) is 0 Å². The van der Waals surface area contributed by atoms with Crippen LogP contribution < -0.4 is 4.72 Å². The molecular formula is C8H7N3O2S. The predicted octanol–water partition coefficient (Wildman–Crippen LogP) is 1.18. The van der Waals surface area contributed by atoms with E-state index in [1.54, 1.807) is 6.07 Å². The zero-order valence-electron chi connectivity index (χ0n) is 7.04. The molecule has 14 heavy (non-hydrogen) atoms. The Kier molecular flexibility index (Phi) is 2.38. The van der Waals surface area contributed by atoms with Gasteiger partial charge in [-0.05, 0) is 12.1 Å². The molecule has 1 aromatic heterocycles. The average Bonchev–Trinajstić information content (AvgIpc) is 2.17. The summed E-state index contributed by atoms with van der Waals surface area (Å²) in [6.45, 7) is 0. The summed E-state index contributed by atoms with van der Waals surface area (Å²) in [6.07, 6.45) is 1.41. The topological polar surface area (TPSA) is 75.1 Å². The highest BCUT2D eigenvalue weighted by atomic mass is 32.2. The van der Waals surface area contributed by atoms with Gasteiger partial charge in [0, 0.05) is 0 Å². The Balaban J connectivity index is 2.46. The molecule has 6 heteroatoms. The van der Waals surface area contributed by atoms with Crippen molar-refractivity contribution in [2.45, 2.75) is 0 Å². The van der Waals surface area contributed by atoms with Crippen LogP contribution in [0.2, 0.25) is 0 Å². The van der Waals surface area contributed by atoms with Crippen LogP contribution in [-0.2, 0) is 11.3 Å². The molecule has 0 amide bonds. The Morgan fingerprint density at radius 1 is 1.29 bits per heavy atom. The standard InChI is InChI=1S/C8H7N3O2S/c12-14(13)11-8-5-9-6-3-1-2-4-7(6)10-8/h1-5H,(H,10,11)(H,12,13). The number of benzene rings is 1. The molecule has 5 nitrogen and oxygen atoms in total. The second-order valence-corrected chi connectivity index (χ2v) is 3.30. The van der Waals surface area contributed by atoms with Gasteiger partial charge in [0.2, 0.25) is 0 Å². The van der Waals surface area contributed by atoms with Gasteiger partial charge in [-0.1, -0.05) is 12.1 Å². The number of aromatic nitrogens is 2. The Morgan fingerprint density at radius 3 is 2.71 bits per heavy atom. The van der Waals surface area contributed by atoms with Crippen molar-refractivity contribution in [3.05, 3.63) is 30.5 Å². The Hall–Kier alpha value is -1.53. The third kappa shape index (κ3) is 1.86. The fourth-order valence-corrected chi connectivity index (χ4v) is 1.37. The quantitative estimate of drug-likeness (QED) is 0.728. The molecule has 0 bridgehead atoms. The molecule has 0 radical (unpaired) electrons. The molecule has 72 valence electrons. The van der Waals surface area contributed by atoms with Crippen molar-refractivity contribution in [1.29, 1.82) is 0 Å². The second kappa shape index (κ2) is 3.69. The first kappa shape index (κ1) is 9.04. The maximum atomic E-state index is 10.4. The number of hydrogen-bond acceptors (Lipinski definition) is 3. The summed E-state index contributed by atoms with van der Waals surface area (Å²) in [5.74, 6) is 0.282. The van der Waals surface area contributed by atoms with Crippen LogP contribution in [0.15, 0.2) is 30.5 Å². The molecule has 0 fully saturated rings. The number of para-hydroxylation sites is 2. The van der Waals surface area contributed by atoms with Crippen LogP contribution in [0.5, 0.6) is 0 Å². The molecule has 2 N–H and O–H groups in total. The van der Waals surface area contributed by atoms with Gasteiger partial charge in [0.15, 0.2) is 5.82 Å². The normalized spacial score (nSPS) is 12.6. The van der Waals surface area contributed by atoms with Crippen molar-refractivity contribution in [3.63, 3.8) is 0 Å². The number of rotatable bonds is 2. The molecule has 1 heterocycles. The first-order valence-corrected chi connectivity index (χ1v) is 4.96. The fourth-order valence-electron chi connectivity index (χ4n) is 1.10. The zero-order chi connectivity index (χ0) is 9.97. The maximum absolute atomic E-state index is 10.4. The van der Waals surface area contributed by atoms with Crippen LogP contribution in [0.4, 0.5) is 5.82 Å². The highest BCUT2D eigenvalue weighted by Crippen LogP contribution is 2.11. The molecule has 1 aromatic carbocycles. The van der Waals surface area contributed by atoms with E-state index in [1.807, 2.05) is 18.2 Å². The molecular weight excluding hydrogens is 202 g/mol. The molecule has 0 aliphatic heterocycles. The monoisotopic (exact) mass is 209 g/mol. The molecule has 0 aliphatic carbocycles. The summed E-state index contributed by atoms with van der Waals surface area (Å²) in [5, 5.41) is 0. The van der Waals surface area contributed by atoms with E-state index in [1.165, 1.54) is 6.20 Å². The van der Waals surface area contributed by atoms with Crippen LogP contribution >= 0.6 is 0 Å². The molecule has 2 rings (SSSR count). The first-order chi connectivity index (χ1) is 6.75. The predicted molar refractivity (Wildman–Crippen MR) is 53.9 cm³/mol. The van der Waals surface area contributed by atoms with Crippen LogP contribution in [0.1, 0.15) is 0 Å². The maximum Gasteiger partial charge on any atom is 0.260 e. The number of fused-ring (bicyclic) bond motifs is 1. The van der Waals surface area contributed by atoms with Gasteiger partial charge < -0.3 is 0 Å². The first-order valence-electron chi connectivity index (χ1n) is 3.85. The lowest BCUT2D eigenvalue weighted by Gasteiger charge is -2.00. The summed E-state index contributed by atoms with van der Waals surface area (Å²) in [7, 11) is 0. The smallest absolute Gasteiger partial charge is 0.260 e. The second-order valence-electron chi connectivity index (χ2n) is 2.60. The van der Waals surface area contributed by atoms with Crippen LogP contribution in [0.25, 0.3) is 11.0 Å². The third-order valence-corrected chi connectivity index (χ3v) is 2.02. The van der Waals surface area contributed by atoms with E-state index in [0.29, 0.717) is 5.52 Å². The van der Waals surface area contributed by atoms with E-state index in [2.05, 4.69) is 14.7 Å². The van der Waals surface area contributed by atoms with E-state index < -0.39 is 11.3 Å². The Bertz CT molecular complexity index is 489. The molecule has 2 aromatic rings. The zero-order valence-corrected chi connectivity index (χ0v) is 7.86. The number of hydrogen-bond donors (Lipinski definition) is 2. The van der Waals surface area contributed by atoms with Crippen molar-refractivity contribution in [2.75, 3.05) is 4.72 Å². The summed E-state index contributed by atoms with van der Waals surface area (Å²) in [6, 6.07) is 7.29. The van der Waals surface area contributed by atoms with Crippen molar-refractivity contribution < 1.29 is 8.76 Å². The summed E-state index contributed by atoms with van der Waals surface area (Å²) in [5.41, 5.74) is 1.43. The molecule has 1 unspecified atom stereocenters. The molecule has 0 spiro atoms. The van der Waals surface area contributed by atoms with Gasteiger partial charge in [-0.3, -0.25) is 14.3 Å². The number of anilines is 1. The van der Waals surface area contributed by atoms with Gasteiger partial charge in [-0.15, -0.1) is 0 Å². The van der Waals surface area contributed by atoms with Crippen LogP contribution in [0.3, 0.4) is 0 Å². The summed E-state index contributed by atoms with van der Waals surface area (Å²) in [4.78, 5) is 8.15. The van der Waals surface area contributed by atoms with Crippen LogP contribution in [0, 0.1) is 0 Å². The Labute approximate surface area is 82.6 Å². The van der Waals surface area contributed by atoms with Gasteiger partial charge in [0.05, 0.1) is 17.2 Å². The van der Waals surface area contributed by atoms with Crippen LogP contribution in [-0.4, -0.2) is 18.7 Å². The highest BCUT2D eigenvalue weighted by molar-refractivity contribution is 7.80.